The zero-order valence-corrected chi connectivity index (χ0v) is 10.2. The van der Waals surface area contributed by atoms with E-state index in [4.69, 9.17) is 10.4 Å². The van der Waals surface area contributed by atoms with Crippen LogP contribution in [0.2, 0.25) is 0 Å². The topological polar surface area (TPSA) is 94.3 Å². The van der Waals surface area contributed by atoms with Crippen molar-refractivity contribution in [3.63, 3.8) is 0 Å². The van der Waals surface area contributed by atoms with Gasteiger partial charge in [0.2, 0.25) is 5.91 Å². The molecule has 1 aliphatic heterocycles. The van der Waals surface area contributed by atoms with E-state index in [2.05, 4.69) is 4.98 Å². The van der Waals surface area contributed by atoms with E-state index in [0.29, 0.717) is 12.0 Å². The molecule has 2 rings (SSSR count). The van der Waals surface area contributed by atoms with Gasteiger partial charge < -0.3 is 10.0 Å². The first-order valence-corrected chi connectivity index (χ1v) is 5.96. The summed E-state index contributed by atoms with van der Waals surface area (Å²) in [5, 5.41) is 18.0. The molecule has 0 aliphatic carbocycles. The minimum atomic E-state index is -0.885. The van der Waals surface area contributed by atoms with Crippen LogP contribution in [0, 0.1) is 17.2 Å². The van der Waals surface area contributed by atoms with Gasteiger partial charge in [0.1, 0.15) is 11.8 Å². The molecule has 0 saturated carbocycles. The van der Waals surface area contributed by atoms with Gasteiger partial charge in [-0.2, -0.15) is 5.26 Å². The van der Waals surface area contributed by atoms with E-state index in [0.717, 1.165) is 0 Å². The van der Waals surface area contributed by atoms with Crippen LogP contribution in [-0.4, -0.2) is 33.4 Å². The van der Waals surface area contributed by atoms with Gasteiger partial charge in [-0.1, -0.05) is 6.07 Å². The molecule has 1 aromatic heterocycles. The Bertz CT molecular complexity index is 550. The molecule has 0 spiro atoms. The number of amides is 1. The third kappa shape index (κ3) is 2.88. The molecule has 1 atom stereocenters. The van der Waals surface area contributed by atoms with Crippen LogP contribution < -0.4 is 0 Å². The van der Waals surface area contributed by atoms with Crippen molar-refractivity contribution in [2.75, 3.05) is 6.54 Å². The first-order valence-electron chi connectivity index (χ1n) is 5.96. The minimum Gasteiger partial charge on any atom is -0.481 e. The highest BCUT2D eigenvalue weighted by Crippen LogP contribution is 2.20. The van der Waals surface area contributed by atoms with Crippen molar-refractivity contribution < 1.29 is 14.7 Å². The standard InChI is InChI=1S/C13H13N3O3/c14-6-11-9(2-1-5-15-11)7-16-8-10(13(18)19)3-4-12(16)17/h1-2,5,10H,3-4,7-8H2,(H,18,19). The van der Waals surface area contributed by atoms with Gasteiger partial charge in [-0.15, -0.1) is 0 Å². The van der Waals surface area contributed by atoms with Gasteiger partial charge in [-0.25, -0.2) is 4.98 Å². The lowest BCUT2D eigenvalue weighted by Gasteiger charge is -2.30. The quantitative estimate of drug-likeness (QED) is 0.865. The lowest BCUT2D eigenvalue weighted by atomic mass is 9.97. The van der Waals surface area contributed by atoms with Crippen LogP contribution in [0.1, 0.15) is 24.1 Å². The Hall–Kier alpha value is -2.42. The third-order valence-electron chi connectivity index (χ3n) is 3.21. The molecule has 1 fully saturated rings. The highest BCUT2D eigenvalue weighted by Gasteiger charge is 2.30. The number of likely N-dealkylation sites (tertiary alicyclic amines) is 1. The van der Waals surface area contributed by atoms with Gasteiger partial charge in [0, 0.05) is 31.3 Å². The third-order valence-corrected chi connectivity index (χ3v) is 3.21. The van der Waals surface area contributed by atoms with Crippen LogP contribution in [0.3, 0.4) is 0 Å². The highest BCUT2D eigenvalue weighted by molar-refractivity contribution is 5.80. The number of hydrogen-bond donors (Lipinski definition) is 1. The van der Waals surface area contributed by atoms with E-state index in [1.165, 1.54) is 11.1 Å². The lowest BCUT2D eigenvalue weighted by Crippen LogP contribution is -2.42. The van der Waals surface area contributed by atoms with Crippen molar-refractivity contribution in [2.45, 2.75) is 19.4 Å². The summed E-state index contributed by atoms with van der Waals surface area (Å²) >= 11 is 0. The number of nitriles is 1. The van der Waals surface area contributed by atoms with E-state index in [1.54, 1.807) is 12.1 Å². The smallest absolute Gasteiger partial charge is 0.308 e. The molecule has 6 nitrogen and oxygen atoms in total. The van der Waals surface area contributed by atoms with Crippen molar-refractivity contribution in [1.82, 2.24) is 9.88 Å². The Balaban J connectivity index is 2.15. The first kappa shape index (κ1) is 13.0. The fourth-order valence-corrected chi connectivity index (χ4v) is 2.14. The SMILES string of the molecule is N#Cc1ncccc1CN1CC(C(=O)O)CCC1=O. The fraction of sp³-hybridized carbons (Fsp3) is 0.385. The maximum absolute atomic E-state index is 11.8. The number of carbonyl (C=O) groups is 2. The number of carboxylic acids is 1. The first-order chi connectivity index (χ1) is 9.11. The molecule has 1 unspecified atom stereocenters. The van der Waals surface area contributed by atoms with Gasteiger partial charge in [-0.3, -0.25) is 9.59 Å². The van der Waals surface area contributed by atoms with Crippen molar-refractivity contribution in [3.8, 4) is 6.07 Å². The van der Waals surface area contributed by atoms with Crippen LogP contribution in [0.15, 0.2) is 18.3 Å². The summed E-state index contributed by atoms with van der Waals surface area (Å²) in [5.74, 6) is -1.49. The summed E-state index contributed by atoms with van der Waals surface area (Å²) in [4.78, 5) is 28.2. The molecular weight excluding hydrogens is 246 g/mol. The van der Waals surface area contributed by atoms with Gasteiger partial charge in [0.05, 0.1) is 5.92 Å². The maximum Gasteiger partial charge on any atom is 0.308 e. The van der Waals surface area contributed by atoms with Crippen LogP contribution in [-0.2, 0) is 16.1 Å². The number of aliphatic carboxylic acids is 1. The number of carbonyl (C=O) groups excluding carboxylic acids is 1. The average Bonchev–Trinajstić information content (AvgIpc) is 2.41. The van der Waals surface area contributed by atoms with Gasteiger partial charge >= 0.3 is 5.97 Å². The van der Waals surface area contributed by atoms with Crippen LogP contribution in [0.25, 0.3) is 0 Å². The number of hydrogen-bond acceptors (Lipinski definition) is 4. The number of aromatic nitrogens is 1. The summed E-state index contributed by atoms with van der Waals surface area (Å²) < 4.78 is 0. The fourth-order valence-electron chi connectivity index (χ4n) is 2.14. The summed E-state index contributed by atoms with van der Waals surface area (Å²) in [5.41, 5.74) is 0.914. The molecule has 1 saturated heterocycles. The van der Waals surface area contributed by atoms with Crippen molar-refractivity contribution in [3.05, 3.63) is 29.6 Å². The van der Waals surface area contributed by atoms with E-state index in [1.807, 2.05) is 6.07 Å². The molecular formula is C13H13N3O3. The van der Waals surface area contributed by atoms with Crippen molar-refractivity contribution >= 4 is 11.9 Å². The Morgan fingerprint density at radius 1 is 1.63 bits per heavy atom. The Kier molecular flexibility index (Phi) is 3.76. The lowest BCUT2D eigenvalue weighted by molar-refractivity contribution is -0.147. The zero-order chi connectivity index (χ0) is 13.8. The van der Waals surface area contributed by atoms with Crippen LogP contribution in [0.4, 0.5) is 0 Å². The van der Waals surface area contributed by atoms with Crippen LogP contribution in [0.5, 0.6) is 0 Å². The monoisotopic (exact) mass is 259 g/mol. The van der Waals surface area contributed by atoms with Gasteiger partial charge in [-0.05, 0) is 12.5 Å². The predicted molar refractivity (Wildman–Crippen MR) is 64.7 cm³/mol. The number of piperidine rings is 1. The second-order valence-corrected chi connectivity index (χ2v) is 4.47. The van der Waals surface area contributed by atoms with Gasteiger partial charge in [0.15, 0.2) is 0 Å². The van der Waals surface area contributed by atoms with Crippen molar-refractivity contribution in [1.29, 1.82) is 5.26 Å². The maximum atomic E-state index is 11.8. The van der Waals surface area contributed by atoms with E-state index in [9.17, 15) is 9.59 Å². The molecule has 1 N–H and O–H groups in total. The summed E-state index contributed by atoms with van der Waals surface area (Å²) in [6, 6.07) is 5.39. The molecule has 19 heavy (non-hydrogen) atoms. The molecule has 0 aromatic carbocycles. The molecule has 1 aliphatic rings. The number of nitrogens with zero attached hydrogens (tertiary/aromatic N) is 3. The number of pyridine rings is 1. The highest BCUT2D eigenvalue weighted by atomic mass is 16.4. The number of rotatable bonds is 3. The van der Waals surface area contributed by atoms with Gasteiger partial charge in [0.25, 0.3) is 0 Å². The van der Waals surface area contributed by atoms with Crippen molar-refractivity contribution in [2.24, 2.45) is 5.92 Å². The minimum absolute atomic E-state index is 0.0785. The van der Waals surface area contributed by atoms with Crippen LogP contribution >= 0.6 is 0 Å². The summed E-state index contributed by atoms with van der Waals surface area (Å²) in [6.07, 6.45) is 2.13. The predicted octanol–water partition coefficient (Wildman–Crippen LogP) is 0.776. The van der Waals surface area contributed by atoms with E-state index >= 15 is 0 Å². The average molecular weight is 259 g/mol. The molecule has 2 heterocycles. The molecule has 6 heteroatoms. The summed E-state index contributed by atoms with van der Waals surface area (Å²) in [7, 11) is 0. The summed E-state index contributed by atoms with van der Waals surface area (Å²) in [6.45, 7) is 0.424. The second-order valence-electron chi connectivity index (χ2n) is 4.47. The van der Waals surface area contributed by atoms with E-state index in [-0.39, 0.29) is 31.1 Å². The molecule has 98 valence electrons. The molecule has 0 radical (unpaired) electrons. The number of carboxylic acid groups (broad SMARTS) is 1. The molecule has 1 amide bonds. The second kappa shape index (κ2) is 5.48. The Labute approximate surface area is 110 Å². The Morgan fingerprint density at radius 2 is 2.42 bits per heavy atom. The van der Waals surface area contributed by atoms with E-state index < -0.39 is 11.9 Å². The molecule has 1 aromatic rings. The molecule has 0 bridgehead atoms. The Morgan fingerprint density at radius 3 is 3.11 bits per heavy atom. The largest absolute Gasteiger partial charge is 0.481 e. The normalized spacial score (nSPS) is 19.0. The zero-order valence-electron chi connectivity index (χ0n) is 10.2.